The van der Waals surface area contributed by atoms with Crippen molar-refractivity contribution in [3.8, 4) is 0 Å². The first-order chi connectivity index (χ1) is 9.88. The molecule has 0 heterocycles. The Morgan fingerprint density at radius 2 is 1.95 bits per heavy atom. The first-order valence-corrected chi connectivity index (χ1v) is 6.17. The molecular formula is C14H8ClF2NO3. The van der Waals surface area contributed by atoms with Crippen molar-refractivity contribution in [1.29, 1.82) is 0 Å². The van der Waals surface area contributed by atoms with E-state index in [0.717, 1.165) is 18.2 Å². The second kappa shape index (κ2) is 5.97. The minimum absolute atomic E-state index is 0.0206. The van der Waals surface area contributed by atoms with E-state index < -0.39 is 28.8 Å². The molecule has 0 atom stereocenters. The molecule has 0 radical (unpaired) electrons. The summed E-state index contributed by atoms with van der Waals surface area (Å²) in [5, 5.41) is 10.7. The molecule has 0 saturated heterocycles. The first-order valence-electron chi connectivity index (χ1n) is 5.79. The number of hydrogen-bond acceptors (Lipinski definition) is 3. The summed E-state index contributed by atoms with van der Waals surface area (Å²) in [4.78, 5) is 22.1. The zero-order valence-corrected chi connectivity index (χ0v) is 11.2. The van der Waals surface area contributed by atoms with Gasteiger partial charge in [-0.2, -0.15) is 0 Å². The van der Waals surface area contributed by atoms with Gasteiger partial charge in [0.05, 0.1) is 4.92 Å². The van der Waals surface area contributed by atoms with E-state index in [1.54, 1.807) is 0 Å². The SMILES string of the molecule is O=C(Cc1cccc(F)c1F)c1cc(Cl)cc([N+](=O)[O-])c1. The normalized spacial score (nSPS) is 10.4. The van der Waals surface area contributed by atoms with Gasteiger partial charge in [-0.05, 0) is 17.7 Å². The summed E-state index contributed by atoms with van der Waals surface area (Å²) in [7, 11) is 0. The Labute approximate surface area is 123 Å². The van der Waals surface area contributed by atoms with Crippen LogP contribution in [0.25, 0.3) is 0 Å². The number of benzene rings is 2. The maximum Gasteiger partial charge on any atom is 0.271 e. The molecule has 0 unspecified atom stereocenters. The van der Waals surface area contributed by atoms with Gasteiger partial charge in [0.15, 0.2) is 17.4 Å². The van der Waals surface area contributed by atoms with Gasteiger partial charge in [-0.25, -0.2) is 8.78 Å². The zero-order valence-electron chi connectivity index (χ0n) is 10.5. The molecule has 2 rings (SSSR count). The number of ketones is 1. The molecule has 0 N–H and O–H groups in total. The molecule has 0 aromatic heterocycles. The predicted molar refractivity (Wildman–Crippen MR) is 72.5 cm³/mol. The van der Waals surface area contributed by atoms with E-state index >= 15 is 0 Å². The van der Waals surface area contributed by atoms with Crippen LogP contribution in [0.1, 0.15) is 15.9 Å². The number of nitro groups is 1. The Morgan fingerprint density at radius 3 is 2.62 bits per heavy atom. The van der Waals surface area contributed by atoms with E-state index in [-0.39, 0.29) is 21.8 Å². The van der Waals surface area contributed by atoms with Gasteiger partial charge in [-0.3, -0.25) is 14.9 Å². The summed E-state index contributed by atoms with van der Waals surface area (Å²) in [6, 6.07) is 6.88. The van der Waals surface area contributed by atoms with E-state index in [1.807, 2.05) is 0 Å². The topological polar surface area (TPSA) is 60.2 Å². The summed E-state index contributed by atoms with van der Waals surface area (Å²) in [5.74, 6) is -2.76. The van der Waals surface area contributed by atoms with Crippen molar-refractivity contribution in [2.24, 2.45) is 0 Å². The molecule has 0 bridgehead atoms. The molecule has 4 nitrogen and oxygen atoms in total. The van der Waals surface area contributed by atoms with E-state index in [1.165, 1.54) is 18.2 Å². The van der Waals surface area contributed by atoms with Crippen LogP contribution in [0, 0.1) is 21.7 Å². The Bertz CT molecular complexity index is 734. The molecule has 0 spiro atoms. The second-order valence-electron chi connectivity index (χ2n) is 4.27. The van der Waals surface area contributed by atoms with Crippen molar-refractivity contribution in [2.75, 3.05) is 0 Å². The van der Waals surface area contributed by atoms with Crippen molar-refractivity contribution >= 4 is 23.1 Å². The van der Waals surface area contributed by atoms with Gasteiger partial charge in [-0.1, -0.05) is 23.7 Å². The Kier molecular flexibility index (Phi) is 4.28. The van der Waals surface area contributed by atoms with Crippen LogP contribution in [0.3, 0.4) is 0 Å². The molecule has 0 fully saturated rings. The van der Waals surface area contributed by atoms with Crippen LogP contribution in [0.15, 0.2) is 36.4 Å². The fourth-order valence-electron chi connectivity index (χ4n) is 1.80. The molecule has 0 aliphatic heterocycles. The minimum atomic E-state index is -1.11. The lowest BCUT2D eigenvalue weighted by molar-refractivity contribution is -0.384. The number of hydrogen-bond donors (Lipinski definition) is 0. The van der Waals surface area contributed by atoms with Gasteiger partial charge >= 0.3 is 0 Å². The molecule has 0 aliphatic rings. The summed E-state index contributed by atoms with van der Waals surface area (Å²) < 4.78 is 26.6. The standard InChI is InChI=1S/C14H8ClF2NO3/c15-10-4-9(5-11(7-10)18(20)21)13(19)6-8-2-1-3-12(16)14(8)17/h1-5,7H,6H2. The largest absolute Gasteiger partial charge is 0.294 e. The lowest BCUT2D eigenvalue weighted by atomic mass is 10.0. The second-order valence-corrected chi connectivity index (χ2v) is 4.70. The van der Waals surface area contributed by atoms with Crippen molar-refractivity contribution < 1.29 is 18.5 Å². The Hall–Kier alpha value is -2.34. The summed E-state index contributed by atoms with van der Waals surface area (Å²) in [6.45, 7) is 0. The maximum absolute atomic E-state index is 13.5. The van der Waals surface area contributed by atoms with Crippen LogP contribution in [0.5, 0.6) is 0 Å². The fourth-order valence-corrected chi connectivity index (χ4v) is 2.03. The van der Waals surface area contributed by atoms with Crippen molar-refractivity contribution in [2.45, 2.75) is 6.42 Å². The van der Waals surface area contributed by atoms with Crippen LogP contribution in [0.4, 0.5) is 14.5 Å². The molecule has 7 heteroatoms. The van der Waals surface area contributed by atoms with Gasteiger partial charge in [0, 0.05) is 29.1 Å². The van der Waals surface area contributed by atoms with Crippen LogP contribution < -0.4 is 0 Å². The van der Waals surface area contributed by atoms with Gasteiger partial charge in [0.1, 0.15) is 0 Å². The highest BCUT2D eigenvalue weighted by molar-refractivity contribution is 6.31. The van der Waals surface area contributed by atoms with Crippen LogP contribution >= 0.6 is 11.6 Å². The highest BCUT2D eigenvalue weighted by atomic mass is 35.5. The van der Waals surface area contributed by atoms with Crippen LogP contribution in [-0.2, 0) is 6.42 Å². The van der Waals surface area contributed by atoms with E-state index in [0.29, 0.717) is 0 Å². The third-order valence-corrected chi connectivity index (χ3v) is 3.02. The number of nitrogens with zero attached hydrogens (tertiary/aromatic N) is 1. The summed E-state index contributed by atoms with van der Waals surface area (Å²) in [6.07, 6.45) is -0.416. The van der Waals surface area contributed by atoms with Crippen LogP contribution in [0.2, 0.25) is 5.02 Å². The smallest absolute Gasteiger partial charge is 0.271 e. The third-order valence-electron chi connectivity index (χ3n) is 2.80. The number of non-ortho nitro benzene ring substituents is 1. The first kappa shape index (κ1) is 15.1. The highest BCUT2D eigenvalue weighted by Gasteiger charge is 2.17. The number of nitro benzene ring substituents is 1. The van der Waals surface area contributed by atoms with E-state index in [4.69, 9.17) is 11.6 Å². The Morgan fingerprint density at radius 1 is 1.24 bits per heavy atom. The monoisotopic (exact) mass is 311 g/mol. The van der Waals surface area contributed by atoms with Gasteiger partial charge in [0.2, 0.25) is 0 Å². The minimum Gasteiger partial charge on any atom is -0.294 e. The number of Topliss-reactive ketones (excluding diaryl/α,β-unsaturated/α-hetero) is 1. The summed E-state index contributed by atoms with van der Waals surface area (Å²) >= 11 is 5.71. The van der Waals surface area contributed by atoms with Crippen molar-refractivity contribution in [1.82, 2.24) is 0 Å². The molecule has 0 amide bonds. The fraction of sp³-hybridized carbons (Fsp3) is 0.0714. The molecule has 2 aromatic rings. The van der Waals surface area contributed by atoms with Crippen LogP contribution in [-0.4, -0.2) is 10.7 Å². The van der Waals surface area contributed by atoms with Crippen molar-refractivity contribution in [3.63, 3.8) is 0 Å². The maximum atomic E-state index is 13.5. The molecule has 21 heavy (non-hydrogen) atoms. The third kappa shape index (κ3) is 3.41. The number of rotatable bonds is 4. The molecule has 2 aromatic carbocycles. The van der Waals surface area contributed by atoms with Gasteiger partial charge < -0.3 is 0 Å². The highest BCUT2D eigenvalue weighted by Crippen LogP contribution is 2.22. The van der Waals surface area contributed by atoms with Crippen molar-refractivity contribution in [3.05, 3.63) is 74.3 Å². The quantitative estimate of drug-likeness (QED) is 0.488. The average molecular weight is 312 g/mol. The van der Waals surface area contributed by atoms with Gasteiger partial charge in [-0.15, -0.1) is 0 Å². The predicted octanol–water partition coefficient (Wildman–Crippen LogP) is 3.95. The summed E-state index contributed by atoms with van der Waals surface area (Å²) in [5.41, 5.74) is -0.494. The number of halogens is 3. The Balaban J connectivity index is 2.32. The zero-order chi connectivity index (χ0) is 15.6. The lowest BCUT2D eigenvalue weighted by Crippen LogP contribution is -2.07. The molecule has 0 aliphatic carbocycles. The molecule has 108 valence electrons. The molecule has 0 saturated carbocycles. The number of carbonyl (C=O) groups excluding carboxylic acids is 1. The average Bonchev–Trinajstić information content (AvgIpc) is 2.43. The lowest BCUT2D eigenvalue weighted by Gasteiger charge is -2.04. The number of carbonyl (C=O) groups is 1. The van der Waals surface area contributed by atoms with E-state index in [2.05, 4.69) is 0 Å². The van der Waals surface area contributed by atoms with E-state index in [9.17, 15) is 23.7 Å². The molecular weight excluding hydrogens is 304 g/mol. The van der Waals surface area contributed by atoms with Gasteiger partial charge in [0.25, 0.3) is 5.69 Å².